The van der Waals surface area contributed by atoms with Crippen molar-refractivity contribution in [1.29, 1.82) is 0 Å². The van der Waals surface area contributed by atoms with Gasteiger partial charge in [0, 0.05) is 20.0 Å². The molecule has 0 spiro atoms. The zero-order valence-corrected chi connectivity index (χ0v) is 12.8. The number of carbonyl (C=O) groups excluding carboxylic acids is 1. The standard InChI is InChI=1S/C17H26NO3/c1-15(20)18(13-16-9-5-4-6-10-16)14-17(21)11-7-2-3-8-12-19/h4-6,9-10,17,21H,2-3,7-8,11-14H2,1H3. The lowest BCUT2D eigenvalue weighted by atomic mass is 10.1. The van der Waals surface area contributed by atoms with Gasteiger partial charge in [0.1, 0.15) is 0 Å². The van der Waals surface area contributed by atoms with Crippen LogP contribution in [-0.4, -0.2) is 35.2 Å². The van der Waals surface area contributed by atoms with E-state index in [0.29, 0.717) is 25.9 Å². The molecule has 0 aliphatic rings. The van der Waals surface area contributed by atoms with E-state index in [-0.39, 0.29) is 12.5 Å². The van der Waals surface area contributed by atoms with Crippen LogP contribution in [0.5, 0.6) is 0 Å². The van der Waals surface area contributed by atoms with Crippen molar-refractivity contribution in [1.82, 2.24) is 4.90 Å². The number of rotatable bonds is 10. The van der Waals surface area contributed by atoms with E-state index in [1.165, 1.54) is 6.92 Å². The number of aliphatic hydroxyl groups excluding tert-OH is 1. The molecular formula is C17H26NO3. The Morgan fingerprint density at radius 3 is 2.43 bits per heavy atom. The Morgan fingerprint density at radius 1 is 1.14 bits per heavy atom. The van der Waals surface area contributed by atoms with Crippen LogP contribution in [0, 0.1) is 0 Å². The molecule has 0 fully saturated rings. The first-order valence-corrected chi connectivity index (χ1v) is 7.69. The highest BCUT2D eigenvalue weighted by Gasteiger charge is 2.14. The number of amides is 1. The molecule has 0 aliphatic carbocycles. The Balaban J connectivity index is 2.34. The Hall–Kier alpha value is -1.39. The van der Waals surface area contributed by atoms with Crippen molar-refractivity contribution in [2.24, 2.45) is 0 Å². The number of hydrogen-bond donors (Lipinski definition) is 1. The third-order valence-electron chi connectivity index (χ3n) is 3.52. The monoisotopic (exact) mass is 292 g/mol. The van der Waals surface area contributed by atoms with Crippen LogP contribution in [0.3, 0.4) is 0 Å². The summed E-state index contributed by atoms with van der Waals surface area (Å²) in [5.74, 6) is -0.0238. The van der Waals surface area contributed by atoms with Gasteiger partial charge in [0.05, 0.1) is 12.7 Å². The van der Waals surface area contributed by atoms with Crippen molar-refractivity contribution in [3.63, 3.8) is 0 Å². The first-order valence-electron chi connectivity index (χ1n) is 7.69. The van der Waals surface area contributed by atoms with Crippen molar-refractivity contribution in [2.45, 2.75) is 51.7 Å². The number of unbranched alkanes of at least 4 members (excludes halogenated alkanes) is 3. The van der Waals surface area contributed by atoms with E-state index in [1.54, 1.807) is 4.90 Å². The van der Waals surface area contributed by atoms with Gasteiger partial charge in [-0.1, -0.05) is 49.6 Å². The molecule has 21 heavy (non-hydrogen) atoms. The van der Waals surface area contributed by atoms with E-state index < -0.39 is 6.10 Å². The third kappa shape index (κ3) is 7.83. The van der Waals surface area contributed by atoms with Crippen molar-refractivity contribution in [3.05, 3.63) is 35.9 Å². The number of aliphatic hydroxyl groups is 1. The summed E-state index contributed by atoms with van der Waals surface area (Å²) in [4.78, 5) is 13.4. The van der Waals surface area contributed by atoms with E-state index >= 15 is 0 Å². The maximum atomic E-state index is 11.7. The smallest absolute Gasteiger partial charge is 0.219 e. The van der Waals surface area contributed by atoms with E-state index in [2.05, 4.69) is 0 Å². The minimum absolute atomic E-state index is 0.0161. The van der Waals surface area contributed by atoms with Gasteiger partial charge in [-0.25, -0.2) is 5.11 Å². The summed E-state index contributed by atoms with van der Waals surface area (Å²) >= 11 is 0. The molecule has 0 saturated heterocycles. The van der Waals surface area contributed by atoms with Crippen LogP contribution in [-0.2, 0) is 16.4 Å². The first-order chi connectivity index (χ1) is 10.1. The van der Waals surface area contributed by atoms with Gasteiger partial charge in [-0.2, -0.15) is 0 Å². The molecule has 1 radical (unpaired) electrons. The van der Waals surface area contributed by atoms with Gasteiger partial charge in [0.25, 0.3) is 0 Å². The molecule has 1 rings (SSSR count). The molecule has 1 unspecified atom stereocenters. The summed E-state index contributed by atoms with van der Waals surface area (Å²) in [5, 5.41) is 20.4. The van der Waals surface area contributed by atoms with Gasteiger partial charge in [-0.15, -0.1) is 0 Å². The molecular weight excluding hydrogens is 266 g/mol. The van der Waals surface area contributed by atoms with Crippen LogP contribution in [0.2, 0.25) is 0 Å². The number of carbonyl (C=O) groups is 1. The molecule has 1 aromatic carbocycles. The fraction of sp³-hybridized carbons (Fsp3) is 0.588. The third-order valence-corrected chi connectivity index (χ3v) is 3.52. The van der Waals surface area contributed by atoms with Gasteiger partial charge in [-0.3, -0.25) is 4.79 Å². The average molecular weight is 292 g/mol. The zero-order valence-electron chi connectivity index (χ0n) is 12.8. The molecule has 0 aromatic heterocycles. The van der Waals surface area contributed by atoms with Gasteiger partial charge in [0.2, 0.25) is 5.91 Å². The normalized spacial score (nSPS) is 12.1. The summed E-state index contributed by atoms with van der Waals surface area (Å²) in [6.07, 6.45) is 3.69. The fourth-order valence-electron chi connectivity index (χ4n) is 2.29. The predicted octanol–water partition coefficient (Wildman–Crippen LogP) is 2.78. The highest BCUT2D eigenvalue weighted by Crippen LogP contribution is 2.10. The van der Waals surface area contributed by atoms with Crippen molar-refractivity contribution < 1.29 is 15.0 Å². The SMILES string of the molecule is CC(=O)N(Cc1ccccc1)CC(O)CCCCCC[O]. The van der Waals surface area contributed by atoms with Crippen LogP contribution in [0.1, 0.15) is 44.6 Å². The Morgan fingerprint density at radius 2 is 1.81 bits per heavy atom. The van der Waals surface area contributed by atoms with Crippen LogP contribution in [0.15, 0.2) is 30.3 Å². The number of hydrogen-bond acceptors (Lipinski definition) is 2. The fourth-order valence-corrected chi connectivity index (χ4v) is 2.29. The molecule has 1 amide bonds. The maximum absolute atomic E-state index is 11.7. The lowest BCUT2D eigenvalue weighted by Crippen LogP contribution is -2.35. The van der Waals surface area contributed by atoms with Crippen molar-refractivity contribution in [3.8, 4) is 0 Å². The Labute approximate surface area is 127 Å². The maximum Gasteiger partial charge on any atom is 0.219 e. The summed E-state index contributed by atoms with van der Waals surface area (Å²) in [6, 6.07) is 9.79. The lowest BCUT2D eigenvalue weighted by Gasteiger charge is -2.24. The van der Waals surface area contributed by atoms with Gasteiger partial charge in [-0.05, 0) is 18.4 Å². The summed E-state index contributed by atoms with van der Waals surface area (Å²) < 4.78 is 0. The summed E-state index contributed by atoms with van der Waals surface area (Å²) in [7, 11) is 0. The summed E-state index contributed by atoms with van der Waals surface area (Å²) in [6.45, 7) is 2.41. The number of benzene rings is 1. The first kappa shape index (κ1) is 17.7. The predicted molar refractivity (Wildman–Crippen MR) is 82.2 cm³/mol. The molecule has 0 aliphatic heterocycles. The molecule has 117 valence electrons. The second kappa shape index (κ2) is 10.4. The second-order valence-corrected chi connectivity index (χ2v) is 5.45. The average Bonchev–Trinajstić information content (AvgIpc) is 2.47. The van der Waals surface area contributed by atoms with E-state index in [1.807, 2.05) is 30.3 Å². The minimum Gasteiger partial charge on any atom is -0.391 e. The van der Waals surface area contributed by atoms with Crippen molar-refractivity contribution in [2.75, 3.05) is 13.2 Å². The van der Waals surface area contributed by atoms with Crippen molar-refractivity contribution >= 4 is 5.91 Å². The largest absolute Gasteiger partial charge is 0.391 e. The molecule has 1 aromatic rings. The van der Waals surface area contributed by atoms with E-state index in [0.717, 1.165) is 24.8 Å². The minimum atomic E-state index is -0.495. The van der Waals surface area contributed by atoms with E-state index in [4.69, 9.17) is 0 Å². The molecule has 0 heterocycles. The van der Waals surface area contributed by atoms with Gasteiger partial charge >= 0.3 is 0 Å². The number of nitrogens with zero attached hydrogens (tertiary/aromatic N) is 1. The Kier molecular flexibility index (Phi) is 8.71. The molecule has 0 bridgehead atoms. The highest BCUT2D eigenvalue weighted by atomic mass is 16.3. The molecule has 4 nitrogen and oxygen atoms in total. The van der Waals surface area contributed by atoms with Crippen LogP contribution < -0.4 is 0 Å². The molecule has 1 atom stereocenters. The second-order valence-electron chi connectivity index (χ2n) is 5.45. The topological polar surface area (TPSA) is 60.4 Å². The molecule has 4 heteroatoms. The van der Waals surface area contributed by atoms with Gasteiger partial charge in [0.15, 0.2) is 0 Å². The zero-order chi connectivity index (χ0) is 15.5. The highest BCUT2D eigenvalue weighted by molar-refractivity contribution is 5.73. The van der Waals surface area contributed by atoms with Gasteiger partial charge < -0.3 is 10.0 Å². The van der Waals surface area contributed by atoms with E-state index in [9.17, 15) is 15.0 Å². The quantitative estimate of drug-likeness (QED) is 0.674. The van der Waals surface area contributed by atoms with Crippen LogP contribution in [0.4, 0.5) is 0 Å². The summed E-state index contributed by atoms with van der Waals surface area (Å²) in [5.41, 5.74) is 1.07. The molecule has 0 saturated carbocycles. The molecule has 1 N–H and O–H groups in total. The van der Waals surface area contributed by atoms with Crippen LogP contribution >= 0.6 is 0 Å². The van der Waals surface area contributed by atoms with Crippen LogP contribution in [0.25, 0.3) is 0 Å². The Bertz CT molecular complexity index is 394. The lowest BCUT2D eigenvalue weighted by molar-refractivity contribution is -0.131.